The van der Waals surface area contributed by atoms with Gasteiger partial charge in [-0.15, -0.1) is 11.3 Å². The zero-order valence-corrected chi connectivity index (χ0v) is 16.2. The Hall–Kier alpha value is -2.14. The second-order valence-electron chi connectivity index (χ2n) is 6.09. The van der Waals surface area contributed by atoms with Crippen LogP contribution in [0.15, 0.2) is 48.5 Å². The minimum absolute atomic E-state index is 0.127. The van der Waals surface area contributed by atoms with E-state index in [4.69, 9.17) is 23.2 Å². The number of amides is 1. The number of benzene rings is 2. The Balaban J connectivity index is 1.67. The molecule has 130 valence electrons. The highest BCUT2D eigenvalue weighted by atomic mass is 35.5. The lowest BCUT2D eigenvalue weighted by Crippen LogP contribution is -2.21. The summed E-state index contributed by atoms with van der Waals surface area (Å²) in [7, 11) is 0. The number of hydrogen-bond acceptors (Lipinski definition) is 3. The first kappa shape index (κ1) is 17.3. The van der Waals surface area contributed by atoms with Crippen molar-refractivity contribution >= 4 is 61.4 Å². The molecule has 1 amide bonds. The van der Waals surface area contributed by atoms with Gasteiger partial charge in [0.15, 0.2) is 0 Å². The van der Waals surface area contributed by atoms with Crippen molar-refractivity contribution in [3.8, 4) is 0 Å². The zero-order valence-electron chi connectivity index (χ0n) is 13.8. The van der Waals surface area contributed by atoms with E-state index >= 15 is 0 Å². The number of aromatic nitrogens is 1. The van der Waals surface area contributed by atoms with E-state index in [1.165, 1.54) is 11.3 Å². The molecule has 4 rings (SSSR count). The lowest BCUT2D eigenvalue weighted by Gasteiger charge is -2.03. The molecule has 0 bridgehead atoms. The maximum absolute atomic E-state index is 12.6. The highest BCUT2D eigenvalue weighted by Crippen LogP contribution is 2.36. The second-order valence-corrected chi connectivity index (χ2v) is 7.93. The van der Waals surface area contributed by atoms with Gasteiger partial charge in [0, 0.05) is 27.0 Å². The number of hydrogen-bond donors (Lipinski definition) is 1. The topological polar surface area (TPSA) is 42.0 Å². The van der Waals surface area contributed by atoms with Crippen LogP contribution >= 0.6 is 34.5 Å². The van der Waals surface area contributed by atoms with Gasteiger partial charge in [0.2, 0.25) is 0 Å². The molecule has 0 fully saturated rings. The lowest BCUT2D eigenvalue weighted by atomic mass is 10.1. The number of rotatable bonds is 3. The van der Waals surface area contributed by atoms with Crippen LogP contribution < -0.4 is 5.32 Å². The molecule has 0 aliphatic carbocycles. The van der Waals surface area contributed by atoms with E-state index in [9.17, 15) is 4.79 Å². The Kier molecular flexibility index (Phi) is 4.57. The van der Waals surface area contributed by atoms with Crippen LogP contribution in [-0.2, 0) is 6.54 Å². The third kappa shape index (κ3) is 3.28. The van der Waals surface area contributed by atoms with E-state index in [-0.39, 0.29) is 5.91 Å². The molecule has 0 unspecified atom stereocenters. The Morgan fingerprint density at radius 1 is 1.08 bits per heavy atom. The van der Waals surface area contributed by atoms with Crippen LogP contribution in [0.3, 0.4) is 0 Å². The molecule has 26 heavy (non-hydrogen) atoms. The van der Waals surface area contributed by atoms with E-state index in [2.05, 4.69) is 16.4 Å². The summed E-state index contributed by atoms with van der Waals surface area (Å²) in [6, 6.07) is 15.3. The lowest BCUT2D eigenvalue weighted by molar-refractivity contribution is 0.0955. The zero-order chi connectivity index (χ0) is 18.3. The summed E-state index contributed by atoms with van der Waals surface area (Å²) in [5.74, 6) is -0.127. The van der Waals surface area contributed by atoms with Crippen LogP contribution in [0.5, 0.6) is 0 Å². The smallest absolute Gasteiger partial charge is 0.261 e. The van der Waals surface area contributed by atoms with E-state index < -0.39 is 0 Å². The number of fused-ring (bicyclic) bond motifs is 3. The Morgan fingerprint density at radius 2 is 1.85 bits per heavy atom. The quantitative estimate of drug-likeness (QED) is 0.428. The van der Waals surface area contributed by atoms with Crippen molar-refractivity contribution in [3.05, 3.63) is 74.7 Å². The monoisotopic (exact) mass is 400 g/mol. The molecule has 0 saturated carbocycles. The van der Waals surface area contributed by atoms with Gasteiger partial charge in [-0.25, -0.2) is 4.98 Å². The van der Waals surface area contributed by atoms with Gasteiger partial charge >= 0.3 is 0 Å². The molecule has 0 saturated heterocycles. The number of aryl methyl sites for hydroxylation is 1. The summed E-state index contributed by atoms with van der Waals surface area (Å²) in [5, 5.41) is 5.87. The summed E-state index contributed by atoms with van der Waals surface area (Å²) < 4.78 is 0.986. The predicted octanol–water partition coefficient (Wildman–Crippen LogP) is 5.99. The Morgan fingerprint density at radius 3 is 2.62 bits per heavy atom. The van der Waals surface area contributed by atoms with Crippen LogP contribution in [0, 0.1) is 6.92 Å². The van der Waals surface area contributed by atoms with E-state index in [1.54, 1.807) is 0 Å². The fourth-order valence-electron chi connectivity index (χ4n) is 2.82. The van der Waals surface area contributed by atoms with Gasteiger partial charge in [0.1, 0.15) is 5.15 Å². The van der Waals surface area contributed by atoms with Crippen molar-refractivity contribution in [1.82, 2.24) is 10.3 Å². The summed E-state index contributed by atoms with van der Waals surface area (Å²) in [6.45, 7) is 2.48. The molecule has 4 aromatic rings. The Labute approximate surface area is 164 Å². The average molecular weight is 401 g/mol. The molecule has 0 atom stereocenters. The first-order valence-corrected chi connectivity index (χ1v) is 9.60. The molecular formula is C20H14Cl2N2OS. The number of carbonyl (C=O) groups excluding carboxylic acids is 1. The van der Waals surface area contributed by atoms with E-state index in [0.29, 0.717) is 21.6 Å². The van der Waals surface area contributed by atoms with Gasteiger partial charge in [0.05, 0.1) is 10.4 Å². The molecule has 1 N–H and O–H groups in total. The average Bonchev–Trinajstić information content (AvgIpc) is 3.08. The molecule has 6 heteroatoms. The molecule has 2 aromatic carbocycles. The van der Waals surface area contributed by atoms with E-state index in [0.717, 1.165) is 32.1 Å². The van der Waals surface area contributed by atoms with E-state index in [1.807, 2.05) is 49.4 Å². The van der Waals surface area contributed by atoms with Gasteiger partial charge in [-0.3, -0.25) is 4.79 Å². The number of nitrogens with one attached hydrogen (secondary N) is 1. The predicted molar refractivity (Wildman–Crippen MR) is 109 cm³/mol. The van der Waals surface area contributed by atoms with Crippen molar-refractivity contribution in [3.63, 3.8) is 0 Å². The van der Waals surface area contributed by atoms with Crippen LogP contribution in [0.4, 0.5) is 0 Å². The third-order valence-electron chi connectivity index (χ3n) is 4.16. The molecule has 0 spiro atoms. The van der Waals surface area contributed by atoms with Crippen molar-refractivity contribution in [2.45, 2.75) is 13.5 Å². The fourth-order valence-corrected chi connectivity index (χ4v) is 4.35. The second kappa shape index (κ2) is 6.88. The summed E-state index contributed by atoms with van der Waals surface area (Å²) in [4.78, 5) is 17.6. The number of carbonyl (C=O) groups is 1. The van der Waals surface area contributed by atoms with Gasteiger partial charge < -0.3 is 5.32 Å². The Bertz CT molecular complexity index is 1140. The van der Waals surface area contributed by atoms with Gasteiger partial charge in [-0.1, -0.05) is 47.0 Å². The van der Waals surface area contributed by atoms with Crippen molar-refractivity contribution in [2.24, 2.45) is 0 Å². The number of nitrogens with zero attached hydrogens (tertiary/aromatic N) is 1. The van der Waals surface area contributed by atoms with Crippen LogP contribution in [0.2, 0.25) is 10.2 Å². The third-order valence-corrected chi connectivity index (χ3v) is 5.87. The number of halogens is 2. The van der Waals surface area contributed by atoms with Gasteiger partial charge in [-0.2, -0.15) is 0 Å². The highest BCUT2D eigenvalue weighted by molar-refractivity contribution is 7.21. The van der Waals surface area contributed by atoms with Crippen molar-refractivity contribution in [1.29, 1.82) is 0 Å². The maximum atomic E-state index is 12.6. The van der Waals surface area contributed by atoms with Crippen LogP contribution in [0.1, 0.15) is 20.8 Å². The largest absolute Gasteiger partial charge is 0.347 e. The van der Waals surface area contributed by atoms with Crippen LogP contribution in [0.25, 0.3) is 21.0 Å². The molecule has 0 aliphatic heterocycles. The molecule has 3 nitrogen and oxygen atoms in total. The van der Waals surface area contributed by atoms with Crippen LogP contribution in [-0.4, -0.2) is 10.9 Å². The SMILES string of the molecule is Cc1ccc2nc(Cl)c3cc(C(=O)NCc4ccc(Cl)cc4)sc3c2c1. The van der Waals surface area contributed by atoms with Crippen molar-refractivity contribution < 1.29 is 4.79 Å². The number of thiophene rings is 1. The minimum atomic E-state index is -0.127. The molecule has 0 radical (unpaired) electrons. The first-order chi connectivity index (χ1) is 12.5. The molecular weight excluding hydrogens is 387 g/mol. The minimum Gasteiger partial charge on any atom is -0.347 e. The maximum Gasteiger partial charge on any atom is 0.261 e. The number of pyridine rings is 1. The molecule has 0 aliphatic rings. The fraction of sp³-hybridized carbons (Fsp3) is 0.100. The summed E-state index contributed by atoms with van der Waals surface area (Å²) in [6.07, 6.45) is 0. The van der Waals surface area contributed by atoms with Crippen molar-refractivity contribution in [2.75, 3.05) is 0 Å². The molecule has 2 aromatic heterocycles. The standard InChI is InChI=1S/C20H14Cl2N2OS/c1-11-2-7-16-14(8-11)18-15(19(22)24-16)9-17(26-18)20(25)23-10-12-3-5-13(21)6-4-12/h2-9H,10H2,1H3,(H,23,25). The normalized spacial score (nSPS) is 11.2. The highest BCUT2D eigenvalue weighted by Gasteiger charge is 2.15. The van der Waals surface area contributed by atoms with Gasteiger partial charge in [0.25, 0.3) is 5.91 Å². The van der Waals surface area contributed by atoms with Gasteiger partial charge in [-0.05, 0) is 42.8 Å². The summed E-state index contributed by atoms with van der Waals surface area (Å²) >= 11 is 13.7. The molecule has 2 heterocycles. The summed E-state index contributed by atoms with van der Waals surface area (Å²) in [5.41, 5.74) is 2.97. The first-order valence-electron chi connectivity index (χ1n) is 8.03.